The zero-order valence-electron chi connectivity index (χ0n) is 32.2. The van der Waals surface area contributed by atoms with Crippen LogP contribution in [0.1, 0.15) is 44.5 Å². The van der Waals surface area contributed by atoms with Crippen molar-refractivity contribution in [1.29, 1.82) is 0 Å². The smallest absolute Gasteiger partial charge is 0.136 e. The highest BCUT2D eigenvalue weighted by Gasteiger charge is 2.52. The fourth-order valence-corrected chi connectivity index (χ4v) is 11.4. The van der Waals surface area contributed by atoms with Crippen LogP contribution in [0.4, 0.5) is 0 Å². The second-order valence-electron chi connectivity index (χ2n) is 16.2. The van der Waals surface area contributed by atoms with Gasteiger partial charge in [-0.3, -0.25) is 0 Å². The van der Waals surface area contributed by atoms with Crippen molar-refractivity contribution in [3.8, 4) is 22.3 Å². The van der Waals surface area contributed by atoms with E-state index in [1.165, 1.54) is 88.3 Å². The molecule has 1 heteroatoms. The Morgan fingerprint density at radius 2 is 0.763 bits per heavy atom. The summed E-state index contributed by atoms with van der Waals surface area (Å²) in [5.41, 5.74) is 15.8. The molecule has 0 saturated heterocycles. The van der Waals surface area contributed by atoms with E-state index in [0.717, 1.165) is 21.9 Å². The van der Waals surface area contributed by atoms with Crippen LogP contribution in [-0.2, 0) is 10.8 Å². The van der Waals surface area contributed by atoms with Crippen LogP contribution in [0.5, 0.6) is 0 Å². The van der Waals surface area contributed by atoms with Gasteiger partial charge in [-0.2, -0.15) is 0 Å². The first-order chi connectivity index (χ1) is 29.3. The van der Waals surface area contributed by atoms with Gasteiger partial charge in [-0.25, -0.2) is 0 Å². The molecule has 11 aromatic rings. The van der Waals surface area contributed by atoms with Crippen LogP contribution in [0, 0.1) is 0 Å². The molecule has 0 N–H and O–H groups in total. The Labute approximate surface area is 342 Å². The van der Waals surface area contributed by atoms with Gasteiger partial charge in [-0.1, -0.05) is 194 Å². The van der Waals surface area contributed by atoms with Gasteiger partial charge in [0.05, 0.1) is 10.8 Å². The molecule has 0 atom stereocenters. The minimum absolute atomic E-state index is 0.529. The van der Waals surface area contributed by atoms with Crippen molar-refractivity contribution in [2.45, 2.75) is 10.8 Å². The van der Waals surface area contributed by atoms with Crippen molar-refractivity contribution >= 4 is 43.5 Å². The fraction of sp³-hybridized carbons (Fsp3) is 0.0345. The zero-order valence-corrected chi connectivity index (χ0v) is 32.2. The molecule has 0 unspecified atom stereocenters. The van der Waals surface area contributed by atoms with Crippen LogP contribution in [0.2, 0.25) is 0 Å². The predicted molar refractivity (Wildman–Crippen MR) is 243 cm³/mol. The van der Waals surface area contributed by atoms with Crippen molar-refractivity contribution < 1.29 is 4.42 Å². The third-order valence-corrected chi connectivity index (χ3v) is 13.6. The third kappa shape index (κ3) is 4.14. The van der Waals surface area contributed by atoms with Crippen LogP contribution in [0.15, 0.2) is 223 Å². The molecule has 2 aliphatic rings. The summed E-state index contributed by atoms with van der Waals surface area (Å²) >= 11 is 0. The summed E-state index contributed by atoms with van der Waals surface area (Å²) in [7, 11) is 0. The summed E-state index contributed by atoms with van der Waals surface area (Å²) in [6.45, 7) is 0. The molecule has 10 aromatic carbocycles. The second-order valence-corrected chi connectivity index (χ2v) is 16.2. The summed E-state index contributed by atoms with van der Waals surface area (Å²) in [5, 5.41) is 7.09. The summed E-state index contributed by atoms with van der Waals surface area (Å²) in [6, 6.07) is 81.2. The predicted octanol–water partition coefficient (Wildman–Crippen LogP) is 14.6. The molecule has 2 aliphatic carbocycles. The highest BCUT2D eigenvalue weighted by Crippen LogP contribution is 2.64. The van der Waals surface area contributed by atoms with Gasteiger partial charge in [0, 0.05) is 10.8 Å². The van der Waals surface area contributed by atoms with Crippen molar-refractivity contribution in [1.82, 2.24) is 0 Å². The first-order valence-corrected chi connectivity index (χ1v) is 20.6. The van der Waals surface area contributed by atoms with E-state index in [1.807, 2.05) is 0 Å². The largest absolute Gasteiger partial charge is 0.456 e. The van der Waals surface area contributed by atoms with Gasteiger partial charge >= 0.3 is 0 Å². The molecule has 0 saturated carbocycles. The van der Waals surface area contributed by atoms with Crippen LogP contribution in [-0.4, -0.2) is 0 Å². The molecule has 0 fully saturated rings. The molecular formula is C58H36O. The van der Waals surface area contributed by atoms with Gasteiger partial charge in [0.1, 0.15) is 11.2 Å². The van der Waals surface area contributed by atoms with E-state index in [-0.39, 0.29) is 0 Å². The highest BCUT2D eigenvalue weighted by molar-refractivity contribution is 6.26. The Kier molecular flexibility index (Phi) is 6.64. The molecule has 0 radical (unpaired) electrons. The molecule has 0 spiro atoms. The van der Waals surface area contributed by atoms with E-state index in [1.54, 1.807) is 0 Å². The molecule has 13 rings (SSSR count). The fourth-order valence-electron chi connectivity index (χ4n) is 11.4. The zero-order chi connectivity index (χ0) is 38.7. The monoisotopic (exact) mass is 748 g/mol. The minimum Gasteiger partial charge on any atom is -0.456 e. The summed E-state index contributed by atoms with van der Waals surface area (Å²) in [6.07, 6.45) is 0. The third-order valence-electron chi connectivity index (χ3n) is 13.6. The Hall–Kier alpha value is -7.48. The average Bonchev–Trinajstić information content (AvgIpc) is 3.71. The van der Waals surface area contributed by atoms with Gasteiger partial charge in [0.15, 0.2) is 0 Å². The molecule has 0 aliphatic heterocycles. The maximum absolute atomic E-state index is 7.21. The standard InChI is InChI=1S/C58H36O/c1-5-20-38(21-6-1)57(39-22-7-2-8-23-39)48-32-14-13-28-42(48)46-34-50-47(35-49(46)57)55-45-31-17-30-44-43-29-15-18-37-19-16-33-52(54(37)43)59-53(56(44)45)36-51(55)58(50,40-24-9-3-10-25-40)41-26-11-4-12-27-41/h1-36H. The molecule has 59 heavy (non-hydrogen) atoms. The Morgan fingerprint density at radius 1 is 0.288 bits per heavy atom. The quantitative estimate of drug-likeness (QED) is 0.175. The maximum atomic E-state index is 7.21. The van der Waals surface area contributed by atoms with Crippen molar-refractivity contribution in [2.24, 2.45) is 0 Å². The van der Waals surface area contributed by atoms with E-state index in [4.69, 9.17) is 4.42 Å². The van der Waals surface area contributed by atoms with Gasteiger partial charge < -0.3 is 4.42 Å². The Balaban J connectivity index is 1.27. The normalized spacial score (nSPS) is 14.4. The van der Waals surface area contributed by atoms with E-state index in [0.29, 0.717) is 0 Å². The summed E-state index contributed by atoms with van der Waals surface area (Å²) < 4.78 is 7.21. The van der Waals surface area contributed by atoms with Gasteiger partial charge in [-0.05, 0) is 113 Å². The van der Waals surface area contributed by atoms with E-state index in [2.05, 4.69) is 218 Å². The average molecular weight is 749 g/mol. The molecule has 1 nitrogen and oxygen atoms in total. The lowest BCUT2D eigenvalue weighted by Gasteiger charge is -2.35. The van der Waals surface area contributed by atoms with E-state index >= 15 is 0 Å². The van der Waals surface area contributed by atoms with Gasteiger partial charge in [0.2, 0.25) is 0 Å². The maximum Gasteiger partial charge on any atom is 0.136 e. The lowest BCUT2D eigenvalue weighted by molar-refractivity contribution is 0.661. The molecule has 274 valence electrons. The number of rotatable bonds is 4. The molecule has 1 heterocycles. The van der Waals surface area contributed by atoms with Crippen molar-refractivity contribution in [3.05, 3.63) is 263 Å². The second kappa shape index (κ2) is 12.0. The lowest BCUT2D eigenvalue weighted by Crippen LogP contribution is -2.29. The van der Waals surface area contributed by atoms with Crippen LogP contribution in [0.25, 0.3) is 65.7 Å². The number of hydrogen-bond acceptors (Lipinski definition) is 1. The highest BCUT2D eigenvalue weighted by atomic mass is 16.3. The molecule has 0 bridgehead atoms. The van der Waals surface area contributed by atoms with Gasteiger partial charge in [-0.15, -0.1) is 0 Å². The minimum atomic E-state index is -0.642. The number of hydrogen-bond donors (Lipinski definition) is 0. The lowest BCUT2D eigenvalue weighted by atomic mass is 9.66. The Bertz CT molecular complexity index is 3390. The van der Waals surface area contributed by atoms with Crippen LogP contribution >= 0.6 is 0 Å². The van der Waals surface area contributed by atoms with Gasteiger partial charge in [0.25, 0.3) is 0 Å². The van der Waals surface area contributed by atoms with E-state index < -0.39 is 10.8 Å². The number of fused-ring (bicyclic) bond motifs is 8. The first-order valence-electron chi connectivity index (χ1n) is 20.6. The number of benzene rings is 10. The molecule has 1 aromatic heterocycles. The van der Waals surface area contributed by atoms with Crippen molar-refractivity contribution in [3.63, 3.8) is 0 Å². The SMILES string of the molecule is c1ccc(C2(c3ccccc3)c3ccccc3-c3cc4c(cc32)-c2c(cc3oc5cccc6cccc(c7cccc2c37)c65)C4(c2ccccc2)c2ccccc2)cc1. The molecule has 0 amide bonds. The first kappa shape index (κ1) is 32.6. The van der Waals surface area contributed by atoms with Crippen LogP contribution < -0.4 is 0 Å². The topological polar surface area (TPSA) is 13.1 Å². The summed E-state index contributed by atoms with van der Waals surface area (Å²) in [4.78, 5) is 0. The van der Waals surface area contributed by atoms with Crippen molar-refractivity contribution in [2.75, 3.05) is 0 Å². The Morgan fingerprint density at radius 3 is 1.39 bits per heavy atom. The van der Waals surface area contributed by atoms with E-state index in [9.17, 15) is 0 Å². The van der Waals surface area contributed by atoms with Crippen LogP contribution in [0.3, 0.4) is 0 Å². The molecular weight excluding hydrogens is 713 g/mol. The summed E-state index contributed by atoms with van der Waals surface area (Å²) in [5.74, 6) is 0.